The van der Waals surface area contributed by atoms with Crippen LogP contribution >= 0.6 is 11.6 Å². The molecular formula is C15H20ClN3. The number of imidazole rings is 1. The van der Waals surface area contributed by atoms with E-state index in [-0.39, 0.29) is 0 Å². The zero-order valence-electron chi connectivity index (χ0n) is 11.7. The molecule has 1 heterocycles. The third-order valence-corrected chi connectivity index (χ3v) is 3.36. The molecule has 0 bridgehead atoms. The predicted octanol–water partition coefficient (Wildman–Crippen LogP) is 3.58. The number of rotatable bonds is 5. The fourth-order valence-electron chi connectivity index (χ4n) is 1.98. The van der Waals surface area contributed by atoms with Gasteiger partial charge in [-0.1, -0.05) is 31.5 Å². The van der Waals surface area contributed by atoms with Gasteiger partial charge in [-0.25, -0.2) is 4.98 Å². The smallest absolute Gasteiger partial charge is 0.110 e. The molecule has 4 heteroatoms. The Bertz CT molecular complexity index is 546. The largest absolute Gasteiger partial charge is 0.312 e. The molecule has 3 nitrogen and oxygen atoms in total. The molecule has 2 aromatic rings. The summed E-state index contributed by atoms with van der Waals surface area (Å²) in [4.78, 5) is 4.22. The zero-order valence-corrected chi connectivity index (χ0v) is 12.4. The highest BCUT2D eigenvalue weighted by molar-refractivity contribution is 6.31. The molecular weight excluding hydrogens is 258 g/mol. The second-order valence-electron chi connectivity index (χ2n) is 5.14. The summed E-state index contributed by atoms with van der Waals surface area (Å²) in [6, 6.07) is 6.14. The van der Waals surface area contributed by atoms with Crippen molar-refractivity contribution in [2.24, 2.45) is 5.92 Å². The van der Waals surface area contributed by atoms with Gasteiger partial charge >= 0.3 is 0 Å². The maximum atomic E-state index is 6.34. The summed E-state index contributed by atoms with van der Waals surface area (Å²) in [6.07, 6.45) is 3.74. The average molecular weight is 278 g/mol. The van der Waals surface area contributed by atoms with Crippen molar-refractivity contribution in [2.45, 2.75) is 27.3 Å². The summed E-state index contributed by atoms with van der Waals surface area (Å²) in [5.41, 5.74) is 2.18. The minimum Gasteiger partial charge on any atom is -0.312 e. The number of hydrogen-bond donors (Lipinski definition) is 1. The molecule has 0 aliphatic heterocycles. The van der Waals surface area contributed by atoms with Crippen LogP contribution in [0.5, 0.6) is 0 Å². The number of benzene rings is 1. The minimum atomic E-state index is 0.645. The molecule has 0 radical (unpaired) electrons. The van der Waals surface area contributed by atoms with Gasteiger partial charge in [0.25, 0.3) is 0 Å². The molecule has 0 spiro atoms. The van der Waals surface area contributed by atoms with E-state index in [1.54, 1.807) is 6.20 Å². The first-order valence-electron chi connectivity index (χ1n) is 6.57. The van der Waals surface area contributed by atoms with E-state index in [9.17, 15) is 0 Å². The van der Waals surface area contributed by atoms with Crippen LogP contribution in [0.25, 0.3) is 5.69 Å². The van der Waals surface area contributed by atoms with Gasteiger partial charge in [-0.15, -0.1) is 0 Å². The Balaban J connectivity index is 2.11. The van der Waals surface area contributed by atoms with E-state index in [1.165, 1.54) is 0 Å². The first-order chi connectivity index (χ1) is 9.08. The fourth-order valence-corrected chi connectivity index (χ4v) is 2.22. The summed E-state index contributed by atoms with van der Waals surface area (Å²) in [5.74, 6) is 1.60. The molecule has 1 N–H and O–H groups in total. The monoisotopic (exact) mass is 277 g/mol. The lowest BCUT2D eigenvalue weighted by Crippen LogP contribution is -2.19. The highest BCUT2D eigenvalue weighted by atomic mass is 35.5. The van der Waals surface area contributed by atoms with Crippen molar-refractivity contribution < 1.29 is 0 Å². The summed E-state index contributed by atoms with van der Waals surface area (Å²) in [5, 5.41) is 4.20. The molecule has 0 saturated carbocycles. The Hall–Kier alpha value is -1.32. The number of hydrogen-bond acceptors (Lipinski definition) is 2. The molecule has 102 valence electrons. The predicted molar refractivity (Wildman–Crippen MR) is 79.9 cm³/mol. The SMILES string of the molecule is Cc1nccn1-c1ccc(CNCC(C)C)c(Cl)c1. The Morgan fingerprint density at radius 1 is 1.37 bits per heavy atom. The molecule has 0 unspecified atom stereocenters. The number of aromatic nitrogens is 2. The average Bonchev–Trinajstić information content (AvgIpc) is 2.77. The second-order valence-corrected chi connectivity index (χ2v) is 5.55. The van der Waals surface area contributed by atoms with Crippen molar-refractivity contribution in [1.82, 2.24) is 14.9 Å². The van der Waals surface area contributed by atoms with E-state index in [2.05, 4.69) is 36.3 Å². The van der Waals surface area contributed by atoms with Gasteiger partial charge in [0.15, 0.2) is 0 Å². The van der Waals surface area contributed by atoms with Crippen molar-refractivity contribution in [3.05, 3.63) is 47.0 Å². The molecule has 1 aromatic carbocycles. The van der Waals surface area contributed by atoms with Crippen molar-refractivity contribution in [3.63, 3.8) is 0 Å². The third-order valence-electron chi connectivity index (χ3n) is 3.01. The number of nitrogens with one attached hydrogen (secondary N) is 1. The van der Waals surface area contributed by atoms with Crippen molar-refractivity contribution >= 4 is 11.6 Å². The topological polar surface area (TPSA) is 29.9 Å². The maximum absolute atomic E-state index is 6.34. The van der Waals surface area contributed by atoms with Crippen molar-refractivity contribution in [2.75, 3.05) is 6.54 Å². The van der Waals surface area contributed by atoms with Crippen LogP contribution in [0.2, 0.25) is 5.02 Å². The van der Waals surface area contributed by atoms with E-state index < -0.39 is 0 Å². The lowest BCUT2D eigenvalue weighted by atomic mass is 10.2. The van der Waals surface area contributed by atoms with Gasteiger partial charge in [0.05, 0.1) is 0 Å². The second kappa shape index (κ2) is 6.22. The van der Waals surface area contributed by atoms with Crippen molar-refractivity contribution in [3.8, 4) is 5.69 Å². The lowest BCUT2D eigenvalue weighted by molar-refractivity contribution is 0.552. The molecule has 0 amide bonds. The van der Waals surface area contributed by atoms with Gasteiger partial charge in [0.2, 0.25) is 0 Å². The quantitative estimate of drug-likeness (QED) is 0.905. The Kier molecular flexibility index (Phi) is 4.61. The van der Waals surface area contributed by atoms with E-state index in [1.807, 2.05) is 23.8 Å². The molecule has 0 saturated heterocycles. The van der Waals surface area contributed by atoms with Crippen LogP contribution in [-0.2, 0) is 6.54 Å². The zero-order chi connectivity index (χ0) is 13.8. The summed E-state index contributed by atoms with van der Waals surface area (Å²) in [7, 11) is 0. The van der Waals surface area contributed by atoms with E-state index in [0.29, 0.717) is 5.92 Å². The summed E-state index contributed by atoms with van der Waals surface area (Å²) >= 11 is 6.34. The molecule has 1 aromatic heterocycles. The fraction of sp³-hybridized carbons (Fsp3) is 0.400. The molecule has 0 fully saturated rings. The van der Waals surface area contributed by atoms with Gasteiger partial charge in [-0.05, 0) is 37.1 Å². The van der Waals surface area contributed by atoms with Crippen LogP contribution in [0.15, 0.2) is 30.6 Å². The summed E-state index contributed by atoms with van der Waals surface area (Å²) in [6.45, 7) is 8.17. The molecule has 0 aliphatic rings. The lowest BCUT2D eigenvalue weighted by Gasteiger charge is -2.11. The Morgan fingerprint density at radius 3 is 2.74 bits per heavy atom. The van der Waals surface area contributed by atoms with Crippen LogP contribution in [0, 0.1) is 12.8 Å². The van der Waals surface area contributed by atoms with E-state index in [4.69, 9.17) is 11.6 Å². The Morgan fingerprint density at radius 2 is 2.16 bits per heavy atom. The van der Waals surface area contributed by atoms with E-state index >= 15 is 0 Å². The van der Waals surface area contributed by atoms with Crippen LogP contribution < -0.4 is 5.32 Å². The highest BCUT2D eigenvalue weighted by Crippen LogP contribution is 2.21. The van der Waals surface area contributed by atoms with Gasteiger partial charge in [-0.3, -0.25) is 0 Å². The number of halogens is 1. The van der Waals surface area contributed by atoms with Gasteiger partial charge < -0.3 is 9.88 Å². The first kappa shape index (κ1) is 14.1. The first-order valence-corrected chi connectivity index (χ1v) is 6.95. The van der Waals surface area contributed by atoms with Crippen LogP contribution in [0.1, 0.15) is 25.2 Å². The number of aryl methyl sites for hydroxylation is 1. The molecule has 19 heavy (non-hydrogen) atoms. The summed E-state index contributed by atoms with van der Waals surface area (Å²) < 4.78 is 2.03. The van der Waals surface area contributed by atoms with Crippen LogP contribution in [0.3, 0.4) is 0 Å². The number of nitrogens with zero attached hydrogens (tertiary/aromatic N) is 2. The normalized spacial score (nSPS) is 11.2. The molecule has 0 atom stereocenters. The minimum absolute atomic E-state index is 0.645. The van der Waals surface area contributed by atoms with Crippen LogP contribution in [0.4, 0.5) is 0 Å². The van der Waals surface area contributed by atoms with Crippen LogP contribution in [-0.4, -0.2) is 16.1 Å². The highest BCUT2D eigenvalue weighted by Gasteiger charge is 2.05. The van der Waals surface area contributed by atoms with Gasteiger partial charge in [-0.2, -0.15) is 0 Å². The van der Waals surface area contributed by atoms with E-state index in [0.717, 1.165) is 35.2 Å². The Labute approximate surface area is 119 Å². The third kappa shape index (κ3) is 3.58. The maximum Gasteiger partial charge on any atom is 0.110 e. The van der Waals surface area contributed by atoms with Gasteiger partial charge in [0, 0.05) is 29.6 Å². The van der Waals surface area contributed by atoms with Crippen molar-refractivity contribution in [1.29, 1.82) is 0 Å². The molecule has 2 rings (SSSR count). The van der Waals surface area contributed by atoms with Gasteiger partial charge in [0.1, 0.15) is 5.82 Å². The molecule has 0 aliphatic carbocycles. The standard InChI is InChI=1S/C15H20ClN3/c1-11(2)9-17-10-13-4-5-14(8-15(13)16)19-7-6-18-12(19)3/h4-8,11,17H,9-10H2,1-3H3.